The molecule has 0 aliphatic rings. The van der Waals surface area contributed by atoms with Gasteiger partial charge in [-0.1, -0.05) is 54.1 Å². The zero-order valence-electron chi connectivity index (χ0n) is 18.0. The maximum atomic E-state index is 6.40. The minimum absolute atomic E-state index is 0.634. The molecule has 0 aliphatic carbocycles. The summed E-state index contributed by atoms with van der Waals surface area (Å²) in [6, 6.07) is 26.4. The molecule has 0 atom stereocenters. The molecular formula is C27H24ClN5. The van der Waals surface area contributed by atoms with Gasteiger partial charge in [0, 0.05) is 30.0 Å². The zero-order chi connectivity index (χ0) is 22.6. The molecule has 0 spiro atoms. The molecule has 3 aromatic carbocycles. The van der Waals surface area contributed by atoms with Crippen LogP contribution in [0.4, 0.5) is 11.4 Å². The van der Waals surface area contributed by atoms with Crippen molar-refractivity contribution in [2.24, 2.45) is 0 Å². The molecule has 33 heavy (non-hydrogen) atoms. The van der Waals surface area contributed by atoms with E-state index in [-0.39, 0.29) is 0 Å². The maximum Gasteiger partial charge on any atom is 0.0951 e. The second-order valence-electron chi connectivity index (χ2n) is 7.90. The molecule has 0 amide bonds. The standard InChI is InChI=1S/C27H24ClN5/c28-25-11-10-23(15-27(25)32-12-4-5-13-32)31-17-24-16-30-19-33(24)18-22-9-8-21(14-26(22)29)20-6-2-1-3-7-20/h1-16,19,31H,17-18,29H2. The summed E-state index contributed by atoms with van der Waals surface area (Å²) in [7, 11) is 0. The van der Waals surface area contributed by atoms with E-state index in [9.17, 15) is 0 Å². The van der Waals surface area contributed by atoms with Crippen LogP contribution in [0.1, 0.15) is 11.3 Å². The average molecular weight is 454 g/mol. The quantitative estimate of drug-likeness (QED) is 0.287. The molecule has 0 bridgehead atoms. The lowest BCUT2D eigenvalue weighted by molar-refractivity contribution is 0.751. The molecule has 5 nitrogen and oxygen atoms in total. The van der Waals surface area contributed by atoms with Gasteiger partial charge in [0.1, 0.15) is 0 Å². The van der Waals surface area contributed by atoms with Crippen molar-refractivity contribution in [1.82, 2.24) is 14.1 Å². The van der Waals surface area contributed by atoms with Gasteiger partial charge >= 0.3 is 0 Å². The summed E-state index contributed by atoms with van der Waals surface area (Å²) in [5.74, 6) is 0. The summed E-state index contributed by atoms with van der Waals surface area (Å²) in [6.07, 6.45) is 7.68. The van der Waals surface area contributed by atoms with Crippen LogP contribution in [0.5, 0.6) is 0 Å². The summed E-state index contributed by atoms with van der Waals surface area (Å²) in [4.78, 5) is 4.35. The molecule has 2 aromatic heterocycles. The van der Waals surface area contributed by atoms with Crippen molar-refractivity contribution in [1.29, 1.82) is 0 Å². The van der Waals surface area contributed by atoms with Gasteiger partial charge in [0.25, 0.3) is 0 Å². The van der Waals surface area contributed by atoms with Crippen molar-refractivity contribution in [3.8, 4) is 16.8 Å². The van der Waals surface area contributed by atoms with Crippen LogP contribution in [-0.2, 0) is 13.1 Å². The van der Waals surface area contributed by atoms with Crippen molar-refractivity contribution in [3.63, 3.8) is 0 Å². The fraction of sp³-hybridized carbons (Fsp3) is 0.0741. The van der Waals surface area contributed by atoms with Crippen LogP contribution < -0.4 is 11.1 Å². The number of nitrogens with zero attached hydrogens (tertiary/aromatic N) is 3. The number of nitrogen functional groups attached to an aromatic ring is 1. The number of anilines is 2. The summed E-state index contributed by atoms with van der Waals surface area (Å²) in [5, 5.41) is 4.19. The van der Waals surface area contributed by atoms with Crippen molar-refractivity contribution >= 4 is 23.0 Å². The Hall–Kier alpha value is -3.96. The van der Waals surface area contributed by atoms with Crippen LogP contribution in [0.3, 0.4) is 0 Å². The Morgan fingerprint density at radius 3 is 2.48 bits per heavy atom. The van der Waals surface area contributed by atoms with E-state index in [2.05, 4.69) is 39.1 Å². The van der Waals surface area contributed by atoms with E-state index in [0.717, 1.165) is 39.4 Å². The molecule has 0 fully saturated rings. The van der Waals surface area contributed by atoms with E-state index >= 15 is 0 Å². The van der Waals surface area contributed by atoms with Crippen LogP contribution in [0, 0.1) is 0 Å². The number of halogens is 1. The van der Waals surface area contributed by atoms with E-state index in [1.165, 1.54) is 0 Å². The first-order chi connectivity index (χ1) is 16.2. The van der Waals surface area contributed by atoms with Crippen LogP contribution in [-0.4, -0.2) is 14.1 Å². The molecule has 3 N–H and O–H groups in total. The maximum absolute atomic E-state index is 6.40. The Morgan fingerprint density at radius 2 is 1.70 bits per heavy atom. The highest BCUT2D eigenvalue weighted by molar-refractivity contribution is 6.32. The monoisotopic (exact) mass is 453 g/mol. The predicted molar refractivity (Wildman–Crippen MR) is 136 cm³/mol. The van der Waals surface area contributed by atoms with Crippen LogP contribution in [0.25, 0.3) is 16.8 Å². The number of aromatic nitrogens is 3. The van der Waals surface area contributed by atoms with Gasteiger partial charge in [-0.3, -0.25) is 0 Å². The Balaban J connectivity index is 1.30. The molecule has 6 heteroatoms. The SMILES string of the molecule is Nc1cc(-c2ccccc2)ccc1Cn1cncc1CNc1ccc(Cl)c(-n2cccc2)c1. The zero-order valence-corrected chi connectivity index (χ0v) is 18.8. The second-order valence-corrected chi connectivity index (χ2v) is 8.31. The number of nitrogens with one attached hydrogen (secondary N) is 1. The fourth-order valence-electron chi connectivity index (χ4n) is 3.88. The molecular weight excluding hydrogens is 430 g/mol. The minimum Gasteiger partial charge on any atom is -0.398 e. The molecule has 0 unspecified atom stereocenters. The lowest BCUT2D eigenvalue weighted by Crippen LogP contribution is -2.09. The largest absolute Gasteiger partial charge is 0.398 e. The average Bonchev–Trinajstić information content (AvgIpc) is 3.53. The predicted octanol–water partition coefficient (Wildman–Crippen LogP) is 6.24. The van der Waals surface area contributed by atoms with E-state index in [1.54, 1.807) is 0 Å². The summed E-state index contributed by atoms with van der Waals surface area (Å²) < 4.78 is 4.11. The van der Waals surface area contributed by atoms with Crippen molar-refractivity contribution in [2.75, 3.05) is 11.1 Å². The van der Waals surface area contributed by atoms with Gasteiger partial charge in [-0.25, -0.2) is 4.98 Å². The van der Waals surface area contributed by atoms with Crippen LogP contribution >= 0.6 is 11.6 Å². The van der Waals surface area contributed by atoms with Gasteiger partial charge in [-0.2, -0.15) is 0 Å². The number of hydrogen-bond donors (Lipinski definition) is 2. The van der Waals surface area contributed by atoms with Gasteiger partial charge < -0.3 is 20.2 Å². The van der Waals surface area contributed by atoms with Gasteiger partial charge in [0.05, 0.1) is 35.8 Å². The lowest BCUT2D eigenvalue weighted by atomic mass is 10.0. The second kappa shape index (κ2) is 9.27. The molecule has 0 aliphatic heterocycles. The van der Waals surface area contributed by atoms with Crippen LogP contribution in [0.15, 0.2) is 104 Å². The highest BCUT2D eigenvalue weighted by Gasteiger charge is 2.09. The Kier molecular flexibility index (Phi) is 5.87. The number of benzene rings is 3. The molecule has 0 radical (unpaired) electrons. The third-order valence-electron chi connectivity index (χ3n) is 5.69. The number of imidazole rings is 1. The van der Waals surface area contributed by atoms with Crippen molar-refractivity contribution in [3.05, 3.63) is 120 Å². The van der Waals surface area contributed by atoms with E-state index in [1.807, 2.05) is 84.1 Å². The Labute approximate surface area is 198 Å². The number of hydrogen-bond acceptors (Lipinski definition) is 3. The lowest BCUT2D eigenvalue weighted by Gasteiger charge is -2.14. The molecule has 5 rings (SSSR count). The Morgan fingerprint density at radius 1 is 0.879 bits per heavy atom. The first-order valence-corrected chi connectivity index (χ1v) is 11.1. The third kappa shape index (κ3) is 4.64. The fourth-order valence-corrected chi connectivity index (χ4v) is 4.09. The van der Waals surface area contributed by atoms with Crippen LogP contribution in [0.2, 0.25) is 5.02 Å². The summed E-state index contributed by atoms with van der Waals surface area (Å²) in [6.45, 7) is 1.29. The van der Waals surface area contributed by atoms with E-state index in [4.69, 9.17) is 17.3 Å². The number of rotatable bonds is 7. The van der Waals surface area contributed by atoms with Gasteiger partial charge in [0.2, 0.25) is 0 Å². The van der Waals surface area contributed by atoms with Gasteiger partial charge in [0.15, 0.2) is 0 Å². The van der Waals surface area contributed by atoms with Crippen molar-refractivity contribution in [2.45, 2.75) is 13.1 Å². The molecule has 0 saturated carbocycles. The Bertz CT molecular complexity index is 1360. The molecule has 164 valence electrons. The molecule has 0 saturated heterocycles. The summed E-state index contributed by atoms with van der Waals surface area (Å²) >= 11 is 6.39. The van der Waals surface area contributed by atoms with Gasteiger partial charge in [-0.05, 0) is 53.1 Å². The highest BCUT2D eigenvalue weighted by Crippen LogP contribution is 2.26. The highest BCUT2D eigenvalue weighted by atomic mass is 35.5. The molecule has 2 heterocycles. The summed E-state index contributed by atoms with van der Waals surface area (Å²) in [5.41, 5.74) is 13.5. The van der Waals surface area contributed by atoms with E-state index in [0.29, 0.717) is 18.1 Å². The van der Waals surface area contributed by atoms with Gasteiger partial charge in [-0.15, -0.1) is 0 Å². The van der Waals surface area contributed by atoms with Crippen molar-refractivity contribution < 1.29 is 0 Å². The first-order valence-electron chi connectivity index (χ1n) is 10.8. The first kappa shape index (κ1) is 20.9. The smallest absolute Gasteiger partial charge is 0.0951 e. The minimum atomic E-state index is 0.634. The third-order valence-corrected chi connectivity index (χ3v) is 6.01. The topological polar surface area (TPSA) is 60.8 Å². The normalized spacial score (nSPS) is 10.9. The number of nitrogens with two attached hydrogens (primary N) is 1. The van der Waals surface area contributed by atoms with E-state index < -0.39 is 0 Å². The molecule has 5 aromatic rings.